The van der Waals surface area contributed by atoms with E-state index in [4.69, 9.17) is 0 Å². The molecule has 1 N–H and O–H groups in total. The van der Waals surface area contributed by atoms with Gasteiger partial charge in [-0.25, -0.2) is 0 Å². The van der Waals surface area contributed by atoms with Gasteiger partial charge in [-0.3, -0.25) is 0 Å². The number of nitrogens with one attached hydrogen (secondary N) is 1. The fraction of sp³-hybridized carbons (Fsp3) is 0.600. The Balaban J connectivity index is 2.84. The topological polar surface area (TPSA) is 21.3 Å². The zero-order valence-electron chi connectivity index (χ0n) is 11.8. The normalized spacial score (nSPS) is 13.0. The van der Waals surface area contributed by atoms with E-state index in [2.05, 4.69) is 30.8 Å². The van der Waals surface area contributed by atoms with Crippen molar-refractivity contribution in [2.45, 2.75) is 46.3 Å². The molecular weight excluding hydrogens is 248 g/mol. The van der Waals surface area contributed by atoms with E-state index >= 15 is 0 Å². The van der Waals surface area contributed by atoms with Crippen molar-refractivity contribution in [2.75, 3.05) is 6.54 Å². The zero-order chi connectivity index (χ0) is 14.3. The molecule has 0 aliphatic rings. The fourth-order valence-electron chi connectivity index (χ4n) is 2.39. The van der Waals surface area contributed by atoms with E-state index < -0.39 is 6.61 Å². The van der Waals surface area contributed by atoms with Crippen LogP contribution < -0.4 is 10.1 Å². The molecule has 108 valence electrons. The lowest BCUT2D eigenvalue weighted by atomic mass is 9.89. The zero-order valence-corrected chi connectivity index (χ0v) is 11.8. The Bertz CT molecular complexity index is 350. The Hall–Kier alpha value is -1.16. The first-order valence-electron chi connectivity index (χ1n) is 6.90. The van der Waals surface area contributed by atoms with Crippen molar-refractivity contribution < 1.29 is 13.5 Å². The molecule has 0 aromatic heterocycles. The van der Waals surface area contributed by atoms with Crippen LogP contribution in [0.25, 0.3) is 0 Å². The first-order valence-corrected chi connectivity index (χ1v) is 6.90. The molecular formula is C15H23F2NO. The van der Waals surface area contributed by atoms with Crippen molar-refractivity contribution in [2.24, 2.45) is 5.92 Å². The molecule has 1 rings (SSSR count). The van der Waals surface area contributed by atoms with Crippen molar-refractivity contribution in [1.29, 1.82) is 0 Å². The van der Waals surface area contributed by atoms with E-state index in [0.29, 0.717) is 5.92 Å². The molecule has 0 fully saturated rings. The predicted molar refractivity (Wildman–Crippen MR) is 73.6 cm³/mol. The second kappa shape index (κ2) is 8.10. The van der Waals surface area contributed by atoms with E-state index in [1.807, 2.05) is 12.1 Å². The molecule has 19 heavy (non-hydrogen) atoms. The van der Waals surface area contributed by atoms with E-state index in [9.17, 15) is 8.78 Å². The first-order chi connectivity index (χ1) is 9.12. The fourth-order valence-corrected chi connectivity index (χ4v) is 2.39. The highest BCUT2D eigenvalue weighted by Crippen LogP contribution is 2.28. The van der Waals surface area contributed by atoms with E-state index in [1.165, 1.54) is 0 Å². The number of alkyl halides is 2. The minimum atomic E-state index is -2.77. The van der Waals surface area contributed by atoms with Crippen LogP contribution in [0.5, 0.6) is 5.75 Å². The number of hydrogen-bond acceptors (Lipinski definition) is 2. The third-order valence-electron chi connectivity index (χ3n) is 3.41. The molecule has 0 heterocycles. The maximum absolute atomic E-state index is 12.1. The van der Waals surface area contributed by atoms with Gasteiger partial charge >= 0.3 is 6.61 Å². The molecule has 4 heteroatoms. The largest absolute Gasteiger partial charge is 0.435 e. The lowest BCUT2D eigenvalue weighted by molar-refractivity contribution is -0.0498. The number of benzene rings is 1. The summed E-state index contributed by atoms with van der Waals surface area (Å²) < 4.78 is 28.6. The Morgan fingerprint density at radius 1 is 1.05 bits per heavy atom. The molecule has 0 saturated carbocycles. The highest BCUT2D eigenvalue weighted by atomic mass is 19.3. The average molecular weight is 271 g/mol. The molecule has 0 aliphatic carbocycles. The minimum absolute atomic E-state index is 0.207. The van der Waals surface area contributed by atoms with Gasteiger partial charge in [0, 0.05) is 6.04 Å². The SMILES string of the molecule is CCNC(c1ccc(OC(F)F)cc1)C(CC)CC. The highest BCUT2D eigenvalue weighted by molar-refractivity contribution is 5.29. The lowest BCUT2D eigenvalue weighted by Crippen LogP contribution is -2.27. The summed E-state index contributed by atoms with van der Waals surface area (Å²) in [6.45, 7) is 4.54. The van der Waals surface area contributed by atoms with Crippen LogP contribution in [-0.2, 0) is 0 Å². The summed E-state index contributed by atoms with van der Waals surface area (Å²) in [4.78, 5) is 0. The van der Waals surface area contributed by atoms with Gasteiger partial charge in [0.1, 0.15) is 5.75 Å². The Morgan fingerprint density at radius 2 is 1.63 bits per heavy atom. The molecule has 0 radical (unpaired) electrons. The van der Waals surface area contributed by atoms with Gasteiger partial charge in [0.15, 0.2) is 0 Å². The number of hydrogen-bond donors (Lipinski definition) is 1. The van der Waals surface area contributed by atoms with Gasteiger partial charge in [-0.2, -0.15) is 8.78 Å². The molecule has 0 amide bonds. The number of halogens is 2. The van der Waals surface area contributed by atoms with Crippen LogP contribution >= 0.6 is 0 Å². The van der Waals surface area contributed by atoms with Crippen LogP contribution in [0, 0.1) is 5.92 Å². The van der Waals surface area contributed by atoms with Crippen molar-refractivity contribution in [3.05, 3.63) is 29.8 Å². The second-order valence-electron chi connectivity index (χ2n) is 4.56. The Labute approximate surface area is 114 Å². The first kappa shape index (κ1) is 15.9. The average Bonchev–Trinajstić information content (AvgIpc) is 2.39. The van der Waals surface area contributed by atoms with Gasteiger partial charge < -0.3 is 10.1 Å². The van der Waals surface area contributed by atoms with Gasteiger partial charge in [-0.1, -0.05) is 45.7 Å². The maximum atomic E-state index is 12.1. The summed E-state index contributed by atoms with van der Waals surface area (Å²) in [5, 5.41) is 3.47. The highest BCUT2D eigenvalue weighted by Gasteiger charge is 2.19. The molecule has 2 nitrogen and oxygen atoms in total. The summed E-state index contributed by atoms with van der Waals surface area (Å²) in [6, 6.07) is 7.20. The standard InChI is InChI=1S/C15H23F2NO/c1-4-11(5-2)14(18-6-3)12-7-9-13(10-8-12)19-15(16)17/h7-11,14-15,18H,4-6H2,1-3H3. The van der Waals surface area contributed by atoms with Crippen molar-refractivity contribution in [3.63, 3.8) is 0 Å². The molecule has 1 atom stereocenters. The lowest BCUT2D eigenvalue weighted by Gasteiger charge is -2.26. The predicted octanol–water partition coefficient (Wildman–Crippen LogP) is 4.37. The molecule has 1 aromatic rings. The van der Waals surface area contributed by atoms with E-state index in [0.717, 1.165) is 24.9 Å². The van der Waals surface area contributed by atoms with Gasteiger partial charge in [-0.05, 0) is 30.2 Å². The number of ether oxygens (including phenoxy) is 1. The molecule has 0 aliphatic heterocycles. The van der Waals surface area contributed by atoms with Crippen LogP contribution in [0.2, 0.25) is 0 Å². The third kappa shape index (κ3) is 4.78. The van der Waals surface area contributed by atoms with Crippen molar-refractivity contribution in [3.8, 4) is 5.75 Å². The third-order valence-corrected chi connectivity index (χ3v) is 3.41. The van der Waals surface area contributed by atoms with Crippen molar-refractivity contribution >= 4 is 0 Å². The summed E-state index contributed by atoms with van der Waals surface area (Å²) in [5.41, 5.74) is 1.12. The monoisotopic (exact) mass is 271 g/mol. The van der Waals surface area contributed by atoms with Crippen LogP contribution in [0.15, 0.2) is 24.3 Å². The maximum Gasteiger partial charge on any atom is 0.387 e. The Kier molecular flexibility index (Phi) is 6.78. The molecule has 1 unspecified atom stereocenters. The van der Waals surface area contributed by atoms with Gasteiger partial charge in [0.25, 0.3) is 0 Å². The minimum Gasteiger partial charge on any atom is -0.435 e. The van der Waals surface area contributed by atoms with E-state index in [-0.39, 0.29) is 11.8 Å². The summed E-state index contributed by atoms with van der Waals surface area (Å²) >= 11 is 0. The summed E-state index contributed by atoms with van der Waals surface area (Å²) in [7, 11) is 0. The van der Waals surface area contributed by atoms with Crippen LogP contribution in [0.4, 0.5) is 8.78 Å². The van der Waals surface area contributed by atoms with Crippen molar-refractivity contribution in [1.82, 2.24) is 5.32 Å². The van der Waals surface area contributed by atoms with Gasteiger partial charge in [0.2, 0.25) is 0 Å². The quantitative estimate of drug-likeness (QED) is 0.758. The molecule has 0 saturated heterocycles. The number of rotatable bonds is 8. The molecule has 1 aromatic carbocycles. The van der Waals surface area contributed by atoms with Crippen LogP contribution in [0.3, 0.4) is 0 Å². The summed E-state index contributed by atoms with van der Waals surface area (Å²) in [6.07, 6.45) is 2.17. The van der Waals surface area contributed by atoms with Crippen LogP contribution in [-0.4, -0.2) is 13.2 Å². The van der Waals surface area contributed by atoms with Crippen LogP contribution in [0.1, 0.15) is 45.2 Å². The van der Waals surface area contributed by atoms with Gasteiger partial charge in [-0.15, -0.1) is 0 Å². The smallest absolute Gasteiger partial charge is 0.387 e. The Morgan fingerprint density at radius 3 is 2.05 bits per heavy atom. The molecule has 0 bridgehead atoms. The van der Waals surface area contributed by atoms with E-state index in [1.54, 1.807) is 12.1 Å². The second-order valence-corrected chi connectivity index (χ2v) is 4.56. The molecule has 0 spiro atoms. The summed E-state index contributed by atoms with van der Waals surface area (Å²) in [5.74, 6) is 0.750. The van der Waals surface area contributed by atoms with Gasteiger partial charge in [0.05, 0.1) is 0 Å².